The normalized spacial score (nSPS) is 12.5. The summed E-state index contributed by atoms with van der Waals surface area (Å²) in [5.74, 6) is 1.30. The van der Waals surface area contributed by atoms with Crippen molar-refractivity contribution >= 4 is 22.6 Å². The maximum absolute atomic E-state index is 12.1. The molecule has 0 atom stereocenters. The van der Waals surface area contributed by atoms with E-state index in [1.54, 1.807) is 24.5 Å². The number of anilines is 1. The smallest absolute Gasteiger partial charge is 0.231 e. The number of carbonyl (C=O) groups is 1. The van der Waals surface area contributed by atoms with Crippen molar-refractivity contribution in [2.24, 2.45) is 0 Å². The van der Waals surface area contributed by atoms with E-state index in [2.05, 4.69) is 10.3 Å². The van der Waals surface area contributed by atoms with Gasteiger partial charge in [0.15, 0.2) is 11.5 Å². The molecule has 1 aliphatic rings. The van der Waals surface area contributed by atoms with Gasteiger partial charge in [-0.1, -0.05) is 12.1 Å². The van der Waals surface area contributed by atoms with E-state index in [-0.39, 0.29) is 12.7 Å². The van der Waals surface area contributed by atoms with Gasteiger partial charge in [0.25, 0.3) is 0 Å². The minimum Gasteiger partial charge on any atom is -0.454 e. The Kier molecular flexibility index (Phi) is 3.34. The lowest BCUT2D eigenvalue weighted by Crippen LogP contribution is -2.14. The Morgan fingerprint density at radius 1 is 1.17 bits per heavy atom. The first-order valence-corrected chi connectivity index (χ1v) is 7.39. The molecule has 0 bridgehead atoms. The van der Waals surface area contributed by atoms with Crippen molar-refractivity contribution in [1.82, 2.24) is 9.55 Å². The number of rotatable bonds is 4. The van der Waals surface area contributed by atoms with Crippen molar-refractivity contribution in [2.45, 2.75) is 13.0 Å². The van der Waals surface area contributed by atoms with Crippen molar-refractivity contribution in [3.05, 3.63) is 48.8 Å². The van der Waals surface area contributed by atoms with Gasteiger partial charge >= 0.3 is 0 Å². The number of hydrogen-bond acceptors (Lipinski definition) is 4. The van der Waals surface area contributed by atoms with Crippen molar-refractivity contribution in [3.63, 3.8) is 0 Å². The summed E-state index contributed by atoms with van der Waals surface area (Å²) in [5, 5.41) is 2.87. The first-order chi connectivity index (χ1) is 11.3. The number of ether oxygens (including phenoxy) is 2. The van der Waals surface area contributed by atoms with E-state index in [1.165, 1.54) is 0 Å². The number of imidazole rings is 1. The second-order valence-corrected chi connectivity index (χ2v) is 5.29. The number of nitrogens with one attached hydrogen (secondary N) is 1. The summed E-state index contributed by atoms with van der Waals surface area (Å²) in [5.41, 5.74) is 2.67. The maximum Gasteiger partial charge on any atom is 0.231 e. The summed E-state index contributed by atoms with van der Waals surface area (Å²) >= 11 is 0. The van der Waals surface area contributed by atoms with Crippen LogP contribution in [0.1, 0.15) is 6.42 Å². The molecule has 0 spiro atoms. The van der Waals surface area contributed by atoms with Crippen LogP contribution in [0.5, 0.6) is 11.5 Å². The largest absolute Gasteiger partial charge is 0.454 e. The average molecular weight is 309 g/mol. The minimum absolute atomic E-state index is 0.0540. The van der Waals surface area contributed by atoms with Gasteiger partial charge in [-0.15, -0.1) is 0 Å². The van der Waals surface area contributed by atoms with Crippen LogP contribution in [0.25, 0.3) is 11.0 Å². The van der Waals surface area contributed by atoms with Crippen LogP contribution < -0.4 is 14.8 Å². The molecule has 1 amide bonds. The molecule has 0 saturated carbocycles. The molecule has 2 aromatic carbocycles. The number of aromatic nitrogens is 2. The summed E-state index contributed by atoms with van der Waals surface area (Å²) in [6.07, 6.45) is 2.13. The summed E-state index contributed by atoms with van der Waals surface area (Å²) in [6.45, 7) is 0.803. The second kappa shape index (κ2) is 5.64. The highest BCUT2D eigenvalue weighted by molar-refractivity contribution is 5.91. The first-order valence-electron chi connectivity index (χ1n) is 7.39. The molecule has 1 aromatic heterocycles. The van der Waals surface area contributed by atoms with Crippen molar-refractivity contribution in [1.29, 1.82) is 0 Å². The molecule has 1 N–H and O–H groups in total. The predicted molar refractivity (Wildman–Crippen MR) is 85.5 cm³/mol. The molecule has 116 valence electrons. The summed E-state index contributed by atoms with van der Waals surface area (Å²) < 4.78 is 12.5. The lowest BCUT2D eigenvalue weighted by Gasteiger charge is -2.07. The van der Waals surface area contributed by atoms with Gasteiger partial charge in [-0.25, -0.2) is 4.98 Å². The monoisotopic (exact) mass is 309 g/mol. The fraction of sp³-hybridized carbons (Fsp3) is 0.176. The third kappa shape index (κ3) is 2.70. The molecule has 2 heterocycles. The molecule has 6 nitrogen and oxygen atoms in total. The third-order valence-electron chi connectivity index (χ3n) is 3.76. The summed E-state index contributed by atoms with van der Waals surface area (Å²) in [4.78, 5) is 16.4. The van der Waals surface area contributed by atoms with E-state index in [4.69, 9.17) is 9.47 Å². The Labute approximate surface area is 132 Å². The lowest BCUT2D eigenvalue weighted by atomic mass is 10.2. The highest BCUT2D eigenvalue weighted by Gasteiger charge is 2.14. The molecule has 0 radical (unpaired) electrons. The van der Waals surface area contributed by atoms with Crippen LogP contribution in [0.15, 0.2) is 48.8 Å². The van der Waals surface area contributed by atoms with E-state index in [0.717, 1.165) is 11.0 Å². The zero-order chi connectivity index (χ0) is 15.6. The molecule has 3 aromatic rings. The van der Waals surface area contributed by atoms with E-state index in [0.29, 0.717) is 30.2 Å². The average Bonchev–Trinajstić information content (AvgIpc) is 3.19. The fourth-order valence-corrected chi connectivity index (χ4v) is 2.61. The standard InChI is InChI=1S/C17H15N3O3/c21-17(19-12-5-6-15-16(9-12)23-11-22-15)7-8-20-10-18-13-3-1-2-4-14(13)20/h1-6,9-10H,7-8,11H2,(H,19,21). The molecular weight excluding hydrogens is 294 g/mol. The first kappa shape index (κ1) is 13.6. The Morgan fingerprint density at radius 3 is 3.00 bits per heavy atom. The van der Waals surface area contributed by atoms with E-state index < -0.39 is 0 Å². The second-order valence-electron chi connectivity index (χ2n) is 5.29. The third-order valence-corrected chi connectivity index (χ3v) is 3.76. The number of hydrogen-bond donors (Lipinski definition) is 1. The molecule has 0 aliphatic carbocycles. The van der Waals surface area contributed by atoms with Crippen LogP contribution in [0, 0.1) is 0 Å². The van der Waals surface area contributed by atoms with Crippen LogP contribution in [0.3, 0.4) is 0 Å². The molecule has 4 rings (SSSR count). The molecule has 23 heavy (non-hydrogen) atoms. The number of aryl methyl sites for hydroxylation is 1. The van der Waals surface area contributed by atoms with Gasteiger partial charge in [0.1, 0.15) is 0 Å². The van der Waals surface area contributed by atoms with Crippen molar-refractivity contribution < 1.29 is 14.3 Å². The number of nitrogens with zero attached hydrogens (tertiary/aromatic N) is 2. The number of amides is 1. The van der Waals surface area contributed by atoms with Crippen molar-refractivity contribution in [2.75, 3.05) is 12.1 Å². The van der Waals surface area contributed by atoms with Crippen LogP contribution in [-0.2, 0) is 11.3 Å². The van der Waals surface area contributed by atoms with E-state index in [9.17, 15) is 4.79 Å². The van der Waals surface area contributed by atoms with Crippen molar-refractivity contribution in [3.8, 4) is 11.5 Å². The predicted octanol–water partition coefficient (Wildman–Crippen LogP) is 2.79. The molecule has 0 fully saturated rings. The quantitative estimate of drug-likeness (QED) is 0.805. The lowest BCUT2D eigenvalue weighted by molar-refractivity contribution is -0.116. The van der Waals surface area contributed by atoms with Crippen LogP contribution >= 0.6 is 0 Å². The van der Waals surface area contributed by atoms with Gasteiger partial charge in [-0.2, -0.15) is 0 Å². The maximum atomic E-state index is 12.1. The molecule has 1 aliphatic heterocycles. The Morgan fingerprint density at radius 2 is 2.04 bits per heavy atom. The van der Waals surface area contributed by atoms with Crippen LogP contribution in [0.2, 0.25) is 0 Å². The van der Waals surface area contributed by atoms with Gasteiger partial charge in [0.2, 0.25) is 12.7 Å². The number of carbonyl (C=O) groups excluding carboxylic acids is 1. The topological polar surface area (TPSA) is 65.4 Å². The summed E-state index contributed by atoms with van der Waals surface area (Å²) in [6, 6.07) is 13.2. The highest BCUT2D eigenvalue weighted by atomic mass is 16.7. The minimum atomic E-state index is -0.0540. The Bertz CT molecular complexity index is 872. The molecule has 6 heteroatoms. The fourth-order valence-electron chi connectivity index (χ4n) is 2.61. The zero-order valence-electron chi connectivity index (χ0n) is 12.4. The highest BCUT2D eigenvalue weighted by Crippen LogP contribution is 2.34. The zero-order valence-corrected chi connectivity index (χ0v) is 12.4. The number of fused-ring (bicyclic) bond motifs is 2. The van der Waals surface area contributed by atoms with Gasteiger partial charge in [0, 0.05) is 24.7 Å². The van der Waals surface area contributed by atoms with Crippen LogP contribution in [0.4, 0.5) is 5.69 Å². The van der Waals surface area contributed by atoms with E-state index in [1.807, 2.05) is 28.8 Å². The van der Waals surface area contributed by atoms with E-state index >= 15 is 0 Å². The van der Waals surface area contributed by atoms with Gasteiger partial charge in [-0.05, 0) is 24.3 Å². The Balaban J connectivity index is 1.40. The Hall–Kier alpha value is -3.02. The van der Waals surface area contributed by atoms with Gasteiger partial charge < -0.3 is 19.4 Å². The molecular formula is C17H15N3O3. The van der Waals surface area contributed by atoms with Gasteiger partial charge in [-0.3, -0.25) is 4.79 Å². The molecule has 0 unspecified atom stereocenters. The number of benzene rings is 2. The van der Waals surface area contributed by atoms with Gasteiger partial charge in [0.05, 0.1) is 17.4 Å². The summed E-state index contributed by atoms with van der Waals surface area (Å²) in [7, 11) is 0. The SMILES string of the molecule is O=C(CCn1cnc2ccccc21)Nc1ccc2c(c1)OCO2. The molecule has 0 saturated heterocycles. The van der Waals surface area contributed by atoms with Crippen LogP contribution in [-0.4, -0.2) is 22.3 Å². The number of para-hydroxylation sites is 2.